The number of piperazine rings is 1. The Labute approximate surface area is 246 Å². The molecule has 212 valence electrons. The second-order valence-corrected chi connectivity index (χ2v) is 9.95. The molecule has 0 saturated carbocycles. The zero-order chi connectivity index (χ0) is 29.1. The Morgan fingerprint density at radius 3 is 2.12 bits per heavy atom. The minimum atomic E-state index is -0.797. The highest BCUT2D eigenvalue weighted by Crippen LogP contribution is 2.47. The van der Waals surface area contributed by atoms with Gasteiger partial charge in [0.2, 0.25) is 0 Å². The second kappa shape index (κ2) is 12.1. The molecule has 41 heavy (non-hydrogen) atoms. The lowest BCUT2D eigenvalue weighted by molar-refractivity contribution is 0.0663. The molecule has 0 atom stereocenters. The summed E-state index contributed by atoms with van der Waals surface area (Å²) in [6.45, 7) is 2.94. The molecule has 2 amide bonds. The summed E-state index contributed by atoms with van der Waals surface area (Å²) in [5, 5.41) is 3.10. The van der Waals surface area contributed by atoms with Gasteiger partial charge in [0.05, 0.1) is 29.8 Å². The maximum Gasteiger partial charge on any atom is 0.418 e. The number of anilines is 1. The van der Waals surface area contributed by atoms with Crippen LogP contribution in [0.1, 0.15) is 10.4 Å². The predicted octanol–water partition coefficient (Wildman–Crippen LogP) is 5.01. The average molecular weight is 597 g/mol. The molecule has 0 unspecified atom stereocenters. The fourth-order valence-corrected chi connectivity index (χ4v) is 5.16. The van der Waals surface area contributed by atoms with Crippen LogP contribution in [-0.4, -0.2) is 84.2 Å². The van der Waals surface area contributed by atoms with Crippen molar-refractivity contribution in [1.82, 2.24) is 24.8 Å². The van der Waals surface area contributed by atoms with E-state index in [1.165, 1.54) is 32.8 Å². The number of halogens is 2. The largest absolute Gasteiger partial charge is 0.495 e. The molecule has 0 aliphatic carbocycles. The molecule has 13 heteroatoms. The van der Waals surface area contributed by atoms with Crippen LogP contribution in [0.15, 0.2) is 48.9 Å². The number of nitrogens with zero attached hydrogens (tertiary/aromatic N) is 5. The van der Waals surface area contributed by atoms with Crippen molar-refractivity contribution < 1.29 is 23.8 Å². The molecule has 2 aromatic carbocycles. The molecule has 3 heterocycles. The predicted molar refractivity (Wildman–Crippen MR) is 155 cm³/mol. The van der Waals surface area contributed by atoms with Crippen LogP contribution in [-0.2, 0) is 0 Å². The number of amides is 2. The Morgan fingerprint density at radius 2 is 1.51 bits per heavy atom. The molecule has 1 aliphatic heterocycles. The third kappa shape index (κ3) is 5.83. The monoisotopic (exact) mass is 596 g/mol. The normalized spacial score (nSPS) is 13.6. The summed E-state index contributed by atoms with van der Waals surface area (Å²) in [7, 11) is 5.00. The van der Waals surface area contributed by atoms with E-state index in [2.05, 4.69) is 25.2 Å². The van der Waals surface area contributed by atoms with Gasteiger partial charge in [-0.25, -0.2) is 14.8 Å². The van der Waals surface area contributed by atoms with Crippen molar-refractivity contribution in [2.45, 2.75) is 0 Å². The maximum atomic E-state index is 12.8. The third-order valence-corrected chi connectivity index (χ3v) is 7.42. The first-order valence-corrected chi connectivity index (χ1v) is 13.3. The van der Waals surface area contributed by atoms with E-state index in [9.17, 15) is 9.59 Å². The molecule has 1 N–H and O–H groups in total. The van der Waals surface area contributed by atoms with E-state index in [0.717, 1.165) is 13.1 Å². The molecule has 2 aromatic heterocycles. The Morgan fingerprint density at radius 1 is 0.854 bits per heavy atom. The van der Waals surface area contributed by atoms with E-state index in [-0.39, 0.29) is 27.5 Å². The molecule has 5 rings (SSSR count). The summed E-state index contributed by atoms with van der Waals surface area (Å²) in [4.78, 5) is 42.5. The SMILES string of the molecule is COc1cc(OC)c(Cl)c(-c2ccc(OC(=O)Nc3ccc(C(=O)N4CCN(C)CC4)cn3)c3nccnc23)c1Cl. The molecule has 0 radical (unpaired) electrons. The van der Waals surface area contributed by atoms with Crippen molar-refractivity contribution >= 4 is 52.1 Å². The second-order valence-electron chi connectivity index (χ2n) is 9.19. The zero-order valence-electron chi connectivity index (χ0n) is 22.5. The van der Waals surface area contributed by atoms with Crippen LogP contribution in [0.3, 0.4) is 0 Å². The maximum absolute atomic E-state index is 12.8. The van der Waals surface area contributed by atoms with Crippen LogP contribution in [0.4, 0.5) is 10.6 Å². The number of hydrogen-bond donors (Lipinski definition) is 1. The third-order valence-electron chi connectivity index (χ3n) is 6.66. The fraction of sp³-hybridized carbons (Fsp3) is 0.250. The van der Waals surface area contributed by atoms with Crippen molar-refractivity contribution in [3.63, 3.8) is 0 Å². The molecular formula is C28H26Cl2N6O5. The highest BCUT2D eigenvalue weighted by atomic mass is 35.5. The van der Waals surface area contributed by atoms with Crippen molar-refractivity contribution in [3.8, 4) is 28.4 Å². The Hall–Kier alpha value is -4.19. The molecule has 1 aliphatic rings. The number of carbonyl (C=O) groups is 2. The van der Waals surface area contributed by atoms with Gasteiger partial charge in [-0.2, -0.15) is 0 Å². The Balaban J connectivity index is 1.36. The fourth-order valence-electron chi connectivity index (χ4n) is 4.45. The quantitative estimate of drug-likeness (QED) is 0.327. The van der Waals surface area contributed by atoms with Gasteiger partial charge >= 0.3 is 6.09 Å². The van der Waals surface area contributed by atoms with Gasteiger partial charge in [-0.3, -0.25) is 15.1 Å². The van der Waals surface area contributed by atoms with Crippen LogP contribution < -0.4 is 19.5 Å². The van der Waals surface area contributed by atoms with Gasteiger partial charge in [0, 0.05) is 62.0 Å². The number of hydrogen-bond acceptors (Lipinski definition) is 9. The van der Waals surface area contributed by atoms with Gasteiger partial charge in [-0.15, -0.1) is 0 Å². The van der Waals surface area contributed by atoms with E-state index in [0.29, 0.717) is 52.3 Å². The number of benzene rings is 2. The van der Waals surface area contributed by atoms with Crippen molar-refractivity contribution in [2.24, 2.45) is 0 Å². The number of ether oxygens (including phenoxy) is 3. The lowest BCUT2D eigenvalue weighted by Crippen LogP contribution is -2.47. The average Bonchev–Trinajstić information content (AvgIpc) is 2.99. The summed E-state index contributed by atoms with van der Waals surface area (Å²) >= 11 is 13.3. The number of pyridine rings is 1. The molecule has 1 fully saturated rings. The van der Waals surface area contributed by atoms with Gasteiger partial charge in [0.1, 0.15) is 28.4 Å². The van der Waals surface area contributed by atoms with Crippen molar-refractivity contribution in [1.29, 1.82) is 0 Å². The van der Waals surface area contributed by atoms with E-state index in [4.69, 9.17) is 37.4 Å². The summed E-state index contributed by atoms with van der Waals surface area (Å²) in [6.07, 6.45) is 3.62. The first-order chi connectivity index (χ1) is 19.8. The Bertz CT molecular complexity index is 1580. The lowest BCUT2D eigenvalue weighted by atomic mass is 10.0. The summed E-state index contributed by atoms with van der Waals surface area (Å²) in [6, 6.07) is 7.99. The summed E-state index contributed by atoms with van der Waals surface area (Å²) < 4.78 is 16.4. The van der Waals surface area contributed by atoms with Gasteiger partial charge in [0.25, 0.3) is 5.91 Å². The smallest absolute Gasteiger partial charge is 0.418 e. The Kier molecular flexibility index (Phi) is 8.39. The van der Waals surface area contributed by atoms with Crippen molar-refractivity contribution in [2.75, 3.05) is 52.8 Å². The first kappa shape index (κ1) is 28.3. The topological polar surface area (TPSA) is 119 Å². The molecule has 0 bridgehead atoms. The number of likely N-dealkylation sites (N-methyl/N-ethyl adjacent to an activating group) is 1. The number of aromatic nitrogens is 3. The highest BCUT2D eigenvalue weighted by molar-refractivity contribution is 6.41. The number of rotatable bonds is 6. The molecule has 11 nitrogen and oxygen atoms in total. The van der Waals surface area contributed by atoms with Gasteiger partial charge < -0.3 is 24.0 Å². The van der Waals surface area contributed by atoms with E-state index >= 15 is 0 Å². The van der Waals surface area contributed by atoms with Crippen LogP contribution >= 0.6 is 23.2 Å². The van der Waals surface area contributed by atoms with E-state index in [1.54, 1.807) is 35.2 Å². The van der Waals surface area contributed by atoms with Crippen LogP contribution in [0.2, 0.25) is 10.0 Å². The lowest BCUT2D eigenvalue weighted by Gasteiger charge is -2.32. The first-order valence-electron chi connectivity index (χ1n) is 12.6. The molecule has 0 spiro atoms. The van der Waals surface area contributed by atoms with Gasteiger partial charge in [0.15, 0.2) is 5.75 Å². The van der Waals surface area contributed by atoms with Crippen LogP contribution in [0, 0.1) is 0 Å². The number of methoxy groups -OCH3 is 2. The van der Waals surface area contributed by atoms with E-state index < -0.39 is 6.09 Å². The minimum Gasteiger partial charge on any atom is -0.495 e. The van der Waals surface area contributed by atoms with Gasteiger partial charge in [-0.1, -0.05) is 23.2 Å². The highest BCUT2D eigenvalue weighted by Gasteiger charge is 2.23. The van der Waals surface area contributed by atoms with Crippen LogP contribution in [0.25, 0.3) is 22.2 Å². The zero-order valence-corrected chi connectivity index (χ0v) is 24.0. The van der Waals surface area contributed by atoms with Crippen molar-refractivity contribution in [3.05, 3.63) is 64.5 Å². The minimum absolute atomic E-state index is 0.0984. The van der Waals surface area contributed by atoms with Gasteiger partial charge in [-0.05, 0) is 31.3 Å². The molecule has 4 aromatic rings. The summed E-state index contributed by atoms with van der Waals surface area (Å²) in [5.74, 6) is 1.00. The summed E-state index contributed by atoms with van der Waals surface area (Å²) in [5.41, 5.74) is 2.10. The number of fused-ring (bicyclic) bond motifs is 1. The molecular weight excluding hydrogens is 571 g/mol. The van der Waals surface area contributed by atoms with Crippen LogP contribution in [0.5, 0.6) is 17.2 Å². The number of carbonyl (C=O) groups excluding carboxylic acids is 2. The number of nitrogens with one attached hydrogen (secondary N) is 1. The molecule has 1 saturated heterocycles. The van der Waals surface area contributed by atoms with E-state index in [1.807, 2.05) is 7.05 Å². The standard InChI is InChI=1S/C28H26Cl2N6O5/c1-35-10-12-36(13-11-35)27(37)16-4-7-21(33-15-16)34-28(38)41-18-6-5-17(25-26(18)32-9-8-31-25)22-23(29)19(39-2)14-20(40-3)24(22)30/h4-9,14-15H,10-13H2,1-3H3,(H,33,34,38).